The van der Waals surface area contributed by atoms with E-state index >= 15 is 0 Å². The maximum atomic E-state index is 10.5. The summed E-state index contributed by atoms with van der Waals surface area (Å²) in [6.07, 6.45) is 1.75. The molecule has 1 N–H and O–H groups in total. The van der Waals surface area contributed by atoms with E-state index in [-0.39, 0.29) is 11.2 Å². The van der Waals surface area contributed by atoms with Gasteiger partial charge in [0.2, 0.25) is 0 Å². The molecule has 6 aromatic rings. The minimum Gasteiger partial charge on any atom is -0.507 e. The average molecular weight is 553 g/mol. The molecular weight excluding hydrogens is 520 g/mol. The van der Waals surface area contributed by atoms with E-state index in [1.54, 1.807) is 23.6 Å². The van der Waals surface area contributed by atoms with Crippen molar-refractivity contribution in [1.82, 2.24) is 4.98 Å². The Morgan fingerprint density at radius 2 is 1.49 bits per heavy atom. The van der Waals surface area contributed by atoms with Crippen molar-refractivity contribution >= 4 is 33.5 Å². The fraction of sp³-hybridized carbons (Fsp3) is 0.135. The van der Waals surface area contributed by atoms with E-state index in [4.69, 9.17) is 9.98 Å². The molecule has 1 heterocycles. The Labute approximate surface area is 245 Å². The Balaban J connectivity index is 1.47. The maximum Gasteiger partial charge on any atom is 0.126 e. The smallest absolute Gasteiger partial charge is 0.126 e. The SMILES string of the molecule is Cc1cccc(-c2cc(-c3ccccc3)c3nc(-c4ccccc4N=Cc4cc(C(C)(C)C)ccc4O)sc3c2)c1. The van der Waals surface area contributed by atoms with Crippen LogP contribution in [-0.4, -0.2) is 16.3 Å². The first kappa shape index (κ1) is 26.7. The molecule has 1 aromatic heterocycles. The summed E-state index contributed by atoms with van der Waals surface area (Å²) in [5, 5.41) is 11.5. The lowest BCUT2D eigenvalue weighted by Gasteiger charge is -2.19. The van der Waals surface area contributed by atoms with Gasteiger partial charge < -0.3 is 5.11 Å². The molecule has 3 nitrogen and oxygen atoms in total. The van der Waals surface area contributed by atoms with Gasteiger partial charge in [0, 0.05) is 22.9 Å². The highest BCUT2D eigenvalue weighted by molar-refractivity contribution is 7.21. The standard InChI is InChI=1S/C37H32N2OS/c1-24-11-10-14-26(19-24)27-21-31(25-12-6-5-7-13-25)35-34(22-27)41-36(39-35)30-15-8-9-16-32(30)38-23-28-20-29(37(2,3)4)17-18-33(28)40/h5-23,40H,1-4H3. The number of fused-ring (bicyclic) bond motifs is 1. The van der Waals surface area contributed by atoms with Crippen LogP contribution < -0.4 is 0 Å². The third-order valence-corrected chi connectivity index (χ3v) is 8.34. The number of aryl methyl sites for hydroxylation is 1. The van der Waals surface area contributed by atoms with Crippen LogP contribution in [0, 0.1) is 6.92 Å². The molecule has 6 rings (SSSR count). The molecule has 0 saturated carbocycles. The predicted molar refractivity (Wildman–Crippen MR) is 175 cm³/mol. The summed E-state index contributed by atoms with van der Waals surface area (Å²) in [6, 6.07) is 37.4. The third-order valence-electron chi connectivity index (χ3n) is 7.30. The van der Waals surface area contributed by atoms with E-state index in [2.05, 4.69) is 94.4 Å². The van der Waals surface area contributed by atoms with Crippen LogP contribution in [0.2, 0.25) is 0 Å². The van der Waals surface area contributed by atoms with Gasteiger partial charge in [0.25, 0.3) is 0 Å². The molecule has 0 aliphatic heterocycles. The van der Waals surface area contributed by atoms with Crippen LogP contribution in [0.3, 0.4) is 0 Å². The number of phenolic OH excluding ortho intramolecular Hbond substituents is 1. The molecular formula is C37H32N2OS. The van der Waals surface area contributed by atoms with Crippen molar-refractivity contribution in [1.29, 1.82) is 0 Å². The van der Waals surface area contributed by atoms with E-state index < -0.39 is 0 Å². The van der Waals surface area contributed by atoms with E-state index in [9.17, 15) is 5.11 Å². The summed E-state index contributed by atoms with van der Waals surface area (Å²) >= 11 is 1.68. The molecule has 0 fully saturated rings. The topological polar surface area (TPSA) is 45.5 Å². The number of aromatic hydroxyl groups is 1. The van der Waals surface area contributed by atoms with Crippen LogP contribution in [0.15, 0.2) is 114 Å². The van der Waals surface area contributed by atoms with Crippen molar-refractivity contribution in [2.45, 2.75) is 33.1 Å². The normalized spacial score (nSPS) is 11.9. The number of para-hydroxylation sites is 1. The Morgan fingerprint density at radius 1 is 0.732 bits per heavy atom. The maximum absolute atomic E-state index is 10.5. The van der Waals surface area contributed by atoms with Crippen LogP contribution in [-0.2, 0) is 5.41 Å². The number of benzene rings is 5. The van der Waals surface area contributed by atoms with Gasteiger partial charge in [-0.05, 0) is 71.0 Å². The molecule has 4 heteroatoms. The van der Waals surface area contributed by atoms with Crippen molar-refractivity contribution in [3.63, 3.8) is 0 Å². The molecule has 0 saturated heterocycles. The highest BCUT2D eigenvalue weighted by Crippen LogP contribution is 2.41. The second-order valence-corrected chi connectivity index (χ2v) is 12.5. The van der Waals surface area contributed by atoms with Gasteiger partial charge in [-0.1, -0.05) is 99.1 Å². The van der Waals surface area contributed by atoms with Gasteiger partial charge in [0.1, 0.15) is 10.8 Å². The Morgan fingerprint density at radius 3 is 2.27 bits per heavy atom. The second-order valence-electron chi connectivity index (χ2n) is 11.4. The number of thiazole rings is 1. The number of phenols is 1. The zero-order valence-electron chi connectivity index (χ0n) is 23.7. The lowest BCUT2D eigenvalue weighted by molar-refractivity contribution is 0.473. The quantitative estimate of drug-likeness (QED) is 0.216. The van der Waals surface area contributed by atoms with Gasteiger partial charge in [-0.25, -0.2) is 4.98 Å². The monoisotopic (exact) mass is 552 g/mol. The van der Waals surface area contributed by atoms with Gasteiger partial charge >= 0.3 is 0 Å². The van der Waals surface area contributed by atoms with Crippen LogP contribution in [0.25, 0.3) is 43.0 Å². The molecule has 0 bridgehead atoms. The highest BCUT2D eigenvalue weighted by Gasteiger charge is 2.17. The average Bonchev–Trinajstić information content (AvgIpc) is 3.40. The summed E-state index contributed by atoms with van der Waals surface area (Å²) < 4.78 is 1.13. The van der Waals surface area contributed by atoms with E-state index in [1.807, 2.05) is 36.4 Å². The van der Waals surface area contributed by atoms with Crippen LogP contribution in [0.4, 0.5) is 5.69 Å². The first-order chi connectivity index (χ1) is 19.8. The zero-order valence-corrected chi connectivity index (χ0v) is 24.5. The van der Waals surface area contributed by atoms with Crippen molar-refractivity contribution in [3.05, 3.63) is 126 Å². The van der Waals surface area contributed by atoms with Crippen molar-refractivity contribution in [2.75, 3.05) is 0 Å². The van der Waals surface area contributed by atoms with Gasteiger partial charge in [-0.15, -0.1) is 11.3 Å². The molecule has 0 aliphatic rings. The lowest BCUT2D eigenvalue weighted by atomic mass is 9.86. The molecule has 0 unspecified atom stereocenters. The van der Waals surface area contributed by atoms with Crippen LogP contribution in [0.1, 0.15) is 37.5 Å². The molecule has 0 spiro atoms. The summed E-state index contributed by atoms with van der Waals surface area (Å²) in [7, 11) is 0. The van der Waals surface area contributed by atoms with Crippen molar-refractivity contribution in [2.24, 2.45) is 4.99 Å². The number of nitrogens with zero attached hydrogens (tertiary/aromatic N) is 2. The molecule has 0 radical (unpaired) electrons. The lowest BCUT2D eigenvalue weighted by Crippen LogP contribution is -2.11. The Hall–Kier alpha value is -4.54. The number of aromatic nitrogens is 1. The van der Waals surface area contributed by atoms with Gasteiger partial charge in [-0.3, -0.25) is 4.99 Å². The second kappa shape index (κ2) is 10.8. The summed E-state index contributed by atoms with van der Waals surface area (Å²) in [5.74, 6) is 0.218. The number of rotatable bonds is 5. The van der Waals surface area contributed by atoms with E-state index in [0.29, 0.717) is 5.56 Å². The molecule has 5 aromatic carbocycles. The Bertz CT molecular complexity index is 1890. The largest absolute Gasteiger partial charge is 0.507 e. The Kier molecular flexibility index (Phi) is 7.02. The summed E-state index contributed by atoms with van der Waals surface area (Å²) in [6.45, 7) is 8.62. The van der Waals surface area contributed by atoms with Crippen LogP contribution in [0.5, 0.6) is 5.75 Å². The molecule has 202 valence electrons. The molecule has 0 atom stereocenters. The molecule has 0 aliphatic carbocycles. The number of hydrogen-bond acceptors (Lipinski definition) is 4. The summed E-state index contributed by atoms with van der Waals surface area (Å²) in [4.78, 5) is 10.0. The summed E-state index contributed by atoms with van der Waals surface area (Å²) in [5.41, 5.74) is 10.5. The van der Waals surface area contributed by atoms with Gasteiger partial charge in [0.15, 0.2) is 0 Å². The fourth-order valence-corrected chi connectivity index (χ4v) is 6.07. The third kappa shape index (κ3) is 5.57. The van der Waals surface area contributed by atoms with E-state index in [0.717, 1.165) is 43.2 Å². The zero-order chi connectivity index (χ0) is 28.6. The van der Waals surface area contributed by atoms with E-state index in [1.165, 1.54) is 16.7 Å². The minimum atomic E-state index is -0.0248. The first-order valence-electron chi connectivity index (χ1n) is 13.8. The van der Waals surface area contributed by atoms with Crippen molar-refractivity contribution in [3.8, 4) is 38.6 Å². The minimum absolute atomic E-state index is 0.0248. The van der Waals surface area contributed by atoms with Crippen molar-refractivity contribution < 1.29 is 5.11 Å². The van der Waals surface area contributed by atoms with Gasteiger partial charge in [0.05, 0.1) is 15.9 Å². The number of hydrogen-bond donors (Lipinski definition) is 1. The first-order valence-corrected chi connectivity index (χ1v) is 14.6. The highest BCUT2D eigenvalue weighted by atomic mass is 32.1. The van der Waals surface area contributed by atoms with Gasteiger partial charge in [-0.2, -0.15) is 0 Å². The predicted octanol–water partition coefficient (Wildman–Crippen LogP) is 10.4. The number of aliphatic imine (C=N–C) groups is 1. The van der Waals surface area contributed by atoms with Crippen LogP contribution >= 0.6 is 11.3 Å². The molecule has 0 amide bonds. The molecule has 41 heavy (non-hydrogen) atoms. The fourth-order valence-electron chi connectivity index (χ4n) is 5.00.